The molecule has 2 aromatic heterocycles. The van der Waals surface area contributed by atoms with Gasteiger partial charge in [0.2, 0.25) is 0 Å². The molecule has 2 aromatic rings. The summed E-state index contributed by atoms with van der Waals surface area (Å²) in [5.41, 5.74) is 1.87. The van der Waals surface area contributed by atoms with E-state index >= 15 is 0 Å². The SMILES string of the molecule is CC(C)(C)OC(=O)N1CCOC[C@@H]1Cc1c([Si](C)(C)C)[nH]c2ccncc12. The number of aromatic amines is 1. The van der Waals surface area contributed by atoms with Gasteiger partial charge in [-0.05, 0) is 38.8 Å². The molecule has 0 aliphatic carbocycles. The second kappa shape index (κ2) is 7.28. The van der Waals surface area contributed by atoms with Crippen LogP contribution in [-0.2, 0) is 15.9 Å². The maximum absolute atomic E-state index is 12.7. The number of amides is 1. The van der Waals surface area contributed by atoms with Gasteiger partial charge < -0.3 is 19.4 Å². The Morgan fingerprint density at radius 2 is 2.15 bits per heavy atom. The van der Waals surface area contributed by atoms with Gasteiger partial charge in [-0.1, -0.05) is 19.6 Å². The Labute approximate surface area is 162 Å². The van der Waals surface area contributed by atoms with E-state index in [0.29, 0.717) is 19.8 Å². The summed E-state index contributed by atoms with van der Waals surface area (Å²) < 4.78 is 11.3. The zero-order valence-corrected chi connectivity index (χ0v) is 18.3. The number of rotatable bonds is 3. The molecule has 3 heterocycles. The summed E-state index contributed by atoms with van der Waals surface area (Å²) in [7, 11) is -1.59. The molecule has 27 heavy (non-hydrogen) atoms. The van der Waals surface area contributed by atoms with Gasteiger partial charge in [0, 0.05) is 35.2 Å². The number of hydrogen-bond donors (Lipinski definition) is 1. The van der Waals surface area contributed by atoms with Crippen LogP contribution in [0, 0.1) is 0 Å². The van der Waals surface area contributed by atoms with Gasteiger partial charge in [0.1, 0.15) is 5.60 Å². The van der Waals surface area contributed by atoms with Gasteiger partial charge in [0.25, 0.3) is 0 Å². The highest BCUT2D eigenvalue weighted by atomic mass is 28.3. The summed E-state index contributed by atoms with van der Waals surface area (Å²) in [4.78, 5) is 22.5. The molecule has 1 amide bonds. The van der Waals surface area contributed by atoms with Gasteiger partial charge in [0.15, 0.2) is 0 Å². The van der Waals surface area contributed by atoms with Crippen LogP contribution in [0.5, 0.6) is 0 Å². The van der Waals surface area contributed by atoms with Gasteiger partial charge in [-0.2, -0.15) is 0 Å². The van der Waals surface area contributed by atoms with Crippen molar-refractivity contribution in [2.24, 2.45) is 0 Å². The molecule has 1 atom stereocenters. The Balaban J connectivity index is 1.94. The number of aromatic nitrogens is 2. The van der Waals surface area contributed by atoms with Crippen molar-refractivity contribution in [3.8, 4) is 0 Å². The Kier molecular flexibility index (Phi) is 5.36. The lowest BCUT2D eigenvalue weighted by molar-refractivity contribution is -0.0318. The van der Waals surface area contributed by atoms with Crippen molar-refractivity contribution in [3.05, 3.63) is 24.0 Å². The molecule has 3 rings (SSSR count). The van der Waals surface area contributed by atoms with Crippen LogP contribution in [0.25, 0.3) is 10.9 Å². The van der Waals surface area contributed by atoms with Crippen molar-refractivity contribution in [2.75, 3.05) is 19.8 Å². The molecular weight excluding hydrogens is 358 g/mol. The molecule has 1 aliphatic rings. The molecule has 1 fully saturated rings. The van der Waals surface area contributed by atoms with Crippen molar-refractivity contribution in [1.82, 2.24) is 14.9 Å². The quantitative estimate of drug-likeness (QED) is 0.818. The number of pyridine rings is 1. The van der Waals surface area contributed by atoms with E-state index < -0.39 is 13.7 Å². The predicted octanol–water partition coefficient (Wildman–Crippen LogP) is 3.29. The monoisotopic (exact) mass is 389 g/mol. The van der Waals surface area contributed by atoms with E-state index in [1.807, 2.05) is 44.1 Å². The molecule has 1 aliphatic heterocycles. The minimum atomic E-state index is -1.59. The maximum atomic E-state index is 12.7. The summed E-state index contributed by atoms with van der Waals surface area (Å²) >= 11 is 0. The Bertz CT molecular complexity index is 820. The van der Waals surface area contributed by atoms with Gasteiger partial charge in [0.05, 0.1) is 27.3 Å². The van der Waals surface area contributed by atoms with Crippen LogP contribution < -0.4 is 5.32 Å². The number of H-pyrrole nitrogens is 1. The average Bonchev–Trinajstić information content (AvgIpc) is 2.93. The number of nitrogens with zero attached hydrogens (tertiary/aromatic N) is 2. The molecule has 0 unspecified atom stereocenters. The second-order valence-corrected chi connectivity index (χ2v) is 14.3. The number of carbonyl (C=O) groups excluding carboxylic acids is 1. The second-order valence-electron chi connectivity index (χ2n) is 9.26. The fourth-order valence-electron chi connectivity index (χ4n) is 3.56. The molecule has 7 heteroatoms. The normalized spacial score (nSPS) is 18.7. The van der Waals surface area contributed by atoms with Crippen molar-refractivity contribution >= 4 is 30.4 Å². The number of nitrogens with one attached hydrogen (secondary N) is 1. The highest BCUT2D eigenvalue weighted by Gasteiger charge is 2.33. The van der Waals surface area contributed by atoms with E-state index in [0.717, 1.165) is 17.3 Å². The summed E-state index contributed by atoms with van der Waals surface area (Å²) in [6.45, 7) is 14.3. The third-order valence-electron chi connectivity index (χ3n) is 4.75. The molecule has 0 radical (unpaired) electrons. The summed E-state index contributed by atoms with van der Waals surface area (Å²) in [5.74, 6) is 0. The van der Waals surface area contributed by atoms with Crippen LogP contribution in [0.3, 0.4) is 0 Å². The fourth-order valence-corrected chi connectivity index (χ4v) is 5.21. The van der Waals surface area contributed by atoms with Gasteiger partial charge in [-0.15, -0.1) is 0 Å². The predicted molar refractivity (Wildman–Crippen MR) is 110 cm³/mol. The maximum Gasteiger partial charge on any atom is 0.410 e. The van der Waals surface area contributed by atoms with Crippen LogP contribution in [0.1, 0.15) is 26.3 Å². The largest absolute Gasteiger partial charge is 0.444 e. The van der Waals surface area contributed by atoms with Gasteiger partial charge >= 0.3 is 6.09 Å². The molecule has 1 N–H and O–H groups in total. The van der Waals surface area contributed by atoms with E-state index in [2.05, 4.69) is 29.6 Å². The number of morpholine rings is 1. The molecule has 0 spiro atoms. The summed E-state index contributed by atoms with van der Waals surface area (Å²) in [6.07, 6.45) is 4.22. The van der Waals surface area contributed by atoms with E-state index in [4.69, 9.17) is 9.47 Å². The summed E-state index contributed by atoms with van der Waals surface area (Å²) in [6, 6.07) is 1.98. The lowest BCUT2D eigenvalue weighted by atomic mass is 10.0. The van der Waals surface area contributed by atoms with E-state index in [-0.39, 0.29) is 12.1 Å². The first-order chi connectivity index (χ1) is 12.6. The zero-order valence-electron chi connectivity index (χ0n) is 17.3. The summed E-state index contributed by atoms with van der Waals surface area (Å²) in [5, 5.41) is 2.46. The third-order valence-corrected chi connectivity index (χ3v) is 6.68. The van der Waals surface area contributed by atoms with Crippen molar-refractivity contribution in [1.29, 1.82) is 0 Å². The lowest BCUT2D eigenvalue weighted by Crippen LogP contribution is -2.52. The molecular formula is C20H31N3O3Si. The topological polar surface area (TPSA) is 67.4 Å². The first-order valence-electron chi connectivity index (χ1n) is 9.58. The van der Waals surface area contributed by atoms with Crippen LogP contribution >= 0.6 is 0 Å². The number of fused-ring (bicyclic) bond motifs is 1. The standard InChI is InChI=1S/C20H31N3O3Si/c1-20(2,3)26-19(24)23-9-10-25-13-14(23)11-15-16-12-21-8-7-17(16)22-18(15)27(4,5)6/h7-8,12,14,22H,9-11,13H2,1-6H3/t14-/m0/s1. The Hall–Kier alpha value is -1.86. The van der Waals surface area contributed by atoms with E-state index in [1.165, 1.54) is 10.9 Å². The van der Waals surface area contributed by atoms with Gasteiger partial charge in [-0.25, -0.2) is 4.79 Å². The number of ether oxygens (including phenoxy) is 2. The lowest BCUT2D eigenvalue weighted by Gasteiger charge is -2.37. The molecule has 0 saturated carbocycles. The minimum Gasteiger partial charge on any atom is -0.444 e. The van der Waals surface area contributed by atoms with Crippen molar-refractivity contribution in [2.45, 2.75) is 58.5 Å². The van der Waals surface area contributed by atoms with E-state index in [1.54, 1.807) is 0 Å². The Morgan fingerprint density at radius 3 is 2.81 bits per heavy atom. The molecule has 148 valence electrons. The van der Waals surface area contributed by atoms with Crippen LogP contribution in [-0.4, -0.2) is 60.4 Å². The fraction of sp³-hybridized carbons (Fsp3) is 0.600. The van der Waals surface area contributed by atoms with Crippen LogP contribution in [0.2, 0.25) is 19.6 Å². The molecule has 0 aromatic carbocycles. The molecule has 6 nitrogen and oxygen atoms in total. The van der Waals surface area contributed by atoms with Gasteiger partial charge in [-0.3, -0.25) is 4.98 Å². The third kappa shape index (κ3) is 4.52. The van der Waals surface area contributed by atoms with E-state index in [9.17, 15) is 4.79 Å². The molecule has 0 bridgehead atoms. The highest BCUT2D eigenvalue weighted by Crippen LogP contribution is 2.23. The highest BCUT2D eigenvalue weighted by molar-refractivity contribution is 6.88. The first-order valence-corrected chi connectivity index (χ1v) is 13.1. The Morgan fingerprint density at radius 1 is 1.41 bits per heavy atom. The first kappa shape index (κ1) is 19.9. The van der Waals surface area contributed by atoms with Crippen LogP contribution in [0.15, 0.2) is 18.5 Å². The van der Waals surface area contributed by atoms with Crippen molar-refractivity contribution < 1.29 is 14.3 Å². The average molecular weight is 390 g/mol. The van der Waals surface area contributed by atoms with Crippen LogP contribution in [0.4, 0.5) is 4.79 Å². The number of hydrogen-bond acceptors (Lipinski definition) is 4. The molecule has 1 saturated heterocycles. The number of carbonyl (C=O) groups is 1. The minimum absolute atomic E-state index is 0.0390. The smallest absolute Gasteiger partial charge is 0.410 e. The zero-order chi connectivity index (χ0) is 19.8. The van der Waals surface area contributed by atoms with Crippen molar-refractivity contribution in [3.63, 3.8) is 0 Å².